The fourth-order valence-corrected chi connectivity index (χ4v) is 1.91. The van der Waals surface area contributed by atoms with E-state index in [9.17, 15) is 0 Å². The quantitative estimate of drug-likeness (QED) is 0.783. The Bertz CT molecular complexity index is 324. The van der Waals surface area contributed by atoms with Crippen molar-refractivity contribution in [2.75, 3.05) is 13.1 Å². The average Bonchev–Trinajstić information content (AvgIpc) is 2.35. The zero-order valence-corrected chi connectivity index (χ0v) is 13.2. The van der Waals surface area contributed by atoms with Crippen molar-refractivity contribution in [1.82, 2.24) is 5.32 Å². The SMILES string of the molecule is CCC(CNCC(C)C)OCc1ccc(Br)cc1. The molecule has 102 valence electrons. The van der Waals surface area contributed by atoms with Gasteiger partial charge in [-0.05, 0) is 36.6 Å². The number of rotatable bonds is 8. The van der Waals surface area contributed by atoms with Crippen molar-refractivity contribution in [1.29, 1.82) is 0 Å². The molecule has 18 heavy (non-hydrogen) atoms. The van der Waals surface area contributed by atoms with Crippen molar-refractivity contribution in [2.45, 2.75) is 39.9 Å². The van der Waals surface area contributed by atoms with Gasteiger partial charge in [0.05, 0.1) is 12.7 Å². The molecule has 0 aliphatic heterocycles. The van der Waals surface area contributed by atoms with E-state index in [0.29, 0.717) is 18.6 Å². The van der Waals surface area contributed by atoms with E-state index in [2.05, 4.69) is 66.3 Å². The lowest BCUT2D eigenvalue weighted by atomic mass is 10.2. The number of hydrogen-bond donors (Lipinski definition) is 1. The molecule has 1 N–H and O–H groups in total. The van der Waals surface area contributed by atoms with Gasteiger partial charge in [0, 0.05) is 11.0 Å². The Morgan fingerprint density at radius 3 is 2.39 bits per heavy atom. The first-order valence-corrected chi connectivity index (χ1v) is 7.47. The fraction of sp³-hybridized carbons (Fsp3) is 0.600. The number of halogens is 1. The lowest BCUT2D eigenvalue weighted by Gasteiger charge is -2.17. The van der Waals surface area contributed by atoms with E-state index in [-0.39, 0.29) is 0 Å². The lowest BCUT2D eigenvalue weighted by Crippen LogP contribution is -2.31. The van der Waals surface area contributed by atoms with Crippen LogP contribution in [0.2, 0.25) is 0 Å². The molecular weight excluding hydrogens is 290 g/mol. The summed E-state index contributed by atoms with van der Waals surface area (Å²) in [6, 6.07) is 8.30. The summed E-state index contributed by atoms with van der Waals surface area (Å²) >= 11 is 3.44. The van der Waals surface area contributed by atoms with E-state index in [1.165, 1.54) is 5.56 Å². The monoisotopic (exact) mass is 313 g/mol. The van der Waals surface area contributed by atoms with Crippen LogP contribution in [0, 0.1) is 5.92 Å². The predicted molar refractivity (Wildman–Crippen MR) is 80.7 cm³/mol. The van der Waals surface area contributed by atoms with E-state index in [1.807, 2.05) is 0 Å². The fourth-order valence-electron chi connectivity index (χ4n) is 1.65. The smallest absolute Gasteiger partial charge is 0.0721 e. The van der Waals surface area contributed by atoms with E-state index < -0.39 is 0 Å². The predicted octanol–water partition coefficient (Wildman–Crippen LogP) is 3.99. The van der Waals surface area contributed by atoms with Crippen molar-refractivity contribution >= 4 is 15.9 Å². The van der Waals surface area contributed by atoms with Crippen LogP contribution in [-0.4, -0.2) is 19.2 Å². The zero-order valence-electron chi connectivity index (χ0n) is 11.6. The minimum atomic E-state index is 0.299. The summed E-state index contributed by atoms with van der Waals surface area (Å²) in [5.74, 6) is 0.689. The minimum absolute atomic E-state index is 0.299. The highest BCUT2D eigenvalue weighted by molar-refractivity contribution is 9.10. The van der Waals surface area contributed by atoms with Crippen LogP contribution in [0.5, 0.6) is 0 Å². The maximum absolute atomic E-state index is 5.92. The first-order valence-electron chi connectivity index (χ1n) is 6.68. The summed E-state index contributed by atoms with van der Waals surface area (Å²) in [5, 5.41) is 3.45. The molecule has 0 radical (unpaired) electrons. The van der Waals surface area contributed by atoms with Crippen LogP contribution in [0.25, 0.3) is 0 Å². The van der Waals surface area contributed by atoms with Crippen LogP contribution in [0.4, 0.5) is 0 Å². The molecule has 2 nitrogen and oxygen atoms in total. The van der Waals surface area contributed by atoms with E-state index in [0.717, 1.165) is 24.0 Å². The Balaban J connectivity index is 2.28. The van der Waals surface area contributed by atoms with Gasteiger partial charge in [-0.25, -0.2) is 0 Å². The van der Waals surface area contributed by atoms with Crippen LogP contribution in [0.15, 0.2) is 28.7 Å². The zero-order chi connectivity index (χ0) is 13.4. The molecule has 0 bridgehead atoms. The summed E-state index contributed by atoms with van der Waals surface area (Å²) in [6.45, 7) is 9.29. The van der Waals surface area contributed by atoms with Gasteiger partial charge in [-0.3, -0.25) is 0 Å². The van der Waals surface area contributed by atoms with Gasteiger partial charge in [-0.2, -0.15) is 0 Å². The van der Waals surface area contributed by atoms with Gasteiger partial charge in [-0.15, -0.1) is 0 Å². The van der Waals surface area contributed by atoms with Gasteiger partial charge in [0.15, 0.2) is 0 Å². The van der Waals surface area contributed by atoms with Crippen molar-refractivity contribution in [3.8, 4) is 0 Å². The maximum Gasteiger partial charge on any atom is 0.0721 e. The summed E-state index contributed by atoms with van der Waals surface area (Å²) in [6.07, 6.45) is 1.34. The molecule has 0 aromatic heterocycles. The van der Waals surface area contributed by atoms with Gasteiger partial charge < -0.3 is 10.1 Å². The molecule has 0 aliphatic carbocycles. The Labute approximate surface area is 119 Å². The number of nitrogens with one attached hydrogen (secondary N) is 1. The molecule has 1 aromatic rings. The average molecular weight is 314 g/mol. The molecular formula is C15H24BrNO. The molecule has 0 saturated heterocycles. The Kier molecular flexibility index (Phi) is 7.56. The molecule has 1 atom stereocenters. The number of hydrogen-bond acceptors (Lipinski definition) is 2. The normalized spacial score (nSPS) is 12.9. The highest BCUT2D eigenvalue weighted by Gasteiger charge is 2.06. The van der Waals surface area contributed by atoms with Gasteiger partial charge in [0.2, 0.25) is 0 Å². The molecule has 0 fully saturated rings. The van der Waals surface area contributed by atoms with E-state index in [4.69, 9.17) is 4.74 Å². The molecule has 0 saturated carbocycles. The van der Waals surface area contributed by atoms with Gasteiger partial charge >= 0.3 is 0 Å². The van der Waals surface area contributed by atoms with Crippen LogP contribution in [0.1, 0.15) is 32.8 Å². The third-order valence-corrected chi connectivity index (χ3v) is 3.31. The molecule has 0 aliphatic rings. The first kappa shape index (κ1) is 15.7. The largest absolute Gasteiger partial charge is 0.372 e. The highest BCUT2D eigenvalue weighted by Crippen LogP contribution is 2.12. The van der Waals surface area contributed by atoms with Gasteiger partial charge in [0.1, 0.15) is 0 Å². The van der Waals surface area contributed by atoms with Gasteiger partial charge in [-0.1, -0.05) is 48.8 Å². The molecule has 0 amide bonds. The van der Waals surface area contributed by atoms with Crippen molar-refractivity contribution in [2.24, 2.45) is 5.92 Å². The third kappa shape index (κ3) is 6.53. The lowest BCUT2D eigenvalue weighted by molar-refractivity contribution is 0.0381. The Hall–Kier alpha value is -0.380. The number of ether oxygens (including phenoxy) is 1. The standard InChI is InChI=1S/C15H24BrNO/c1-4-15(10-17-9-12(2)3)18-11-13-5-7-14(16)8-6-13/h5-8,12,15,17H,4,9-11H2,1-3H3. The van der Waals surface area contributed by atoms with Crippen molar-refractivity contribution in [3.63, 3.8) is 0 Å². The van der Waals surface area contributed by atoms with Gasteiger partial charge in [0.25, 0.3) is 0 Å². The van der Waals surface area contributed by atoms with E-state index >= 15 is 0 Å². The maximum atomic E-state index is 5.92. The Morgan fingerprint density at radius 2 is 1.83 bits per heavy atom. The van der Waals surface area contributed by atoms with Crippen LogP contribution in [0.3, 0.4) is 0 Å². The molecule has 0 spiro atoms. The number of benzene rings is 1. The summed E-state index contributed by atoms with van der Waals surface area (Å²) in [4.78, 5) is 0. The Morgan fingerprint density at radius 1 is 1.17 bits per heavy atom. The molecule has 1 unspecified atom stereocenters. The first-order chi connectivity index (χ1) is 8.61. The summed E-state index contributed by atoms with van der Waals surface area (Å²) in [5.41, 5.74) is 1.22. The van der Waals surface area contributed by atoms with Crippen molar-refractivity contribution < 1.29 is 4.74 Å². The molecule has 1 rings (SSSR count). The van der Waals surface area contributed by atoms with Crippen LogP contribution < -0.4 is 5.32 Å². The molecule has 0 heterocycles. The summed E-state index contributed by atoms with van der Waals surface area (Å²) in [7, 11) is 0. The second-order valence-corrected chi connectivity index (χ2v) is 5.94. The molecule has 1 aromatic carbocycles. The van der Waals surface area contributed by atoms with Crippen LogP contribution in [-0.2, 0) is 11.3 Å². The second kappa shape index (κ2) is 8.68. The third-order valence-electron chi connectivity index (χ3n) is 2.78. The summed E-state index contributed by atoms with van der Waals surface area (Å²) < 4.78 is 7.03. The van der Waals surface area contributed by atoms with Crippen molar-refractivity contribution in [3.05, 3.63) is 34.3 Å². The highest BCUT2D eigenvalue weighted by atomic mass is 79.9. The second-order valence-electron chi connectivity index (χ2n) is 5.02. The topological polar surface area (TPSA) is 21.3 Å². The minimum Gasteiger partial charge on any atom is -0.372 e. The van der Waals surface area contributed by atoms with E-state index in [1.54, 1.807) is 0 Å². The van der Waals surface area contributed by atoms with Crippen LogP contribution >= 0.6 is 15.9 Å². The molecule has 3 heteroatoms.